The molecule has 4 aliphatic rings. The molecule has 162 valence electrons. The van der Waals surface area contributed by atoms with Crippen LogP contribution in [0.4, 0.5) is 0 Å². The monoisotopic (exact) mass is 399 g/mol. The summed E-state index contributed by atoms with van der Waals surface area (Å²) in [5, 5.41) is 10.4. The number of aliphatic hydroxyl groups excluding tert-OH is 1. The molecule has 1 saturated heterocycles. The number of ether oxygens (including phenoxy) is 1. The predicted molar refractivity (Wildman–Crippen MR) is 120 cm³/mol. The first-order valence-electron chi connectivity index (χ1n) is 12.1. The van der Waals surface area contributed by atoms with E-state index in [1.54, 1.807) is 5.57 Å². The Morgan fingerprint density at radius 2 is 1.97 bits per heavy atom. The van der Waals surface area contributed by atoms with Crippen LogP contribution in [0.25, 0.3) is 0 Å². The summed E-state index contributed by atoms with van der Waals surface area (Å²) in [6.07, 6.45) is 14.6. The third kappa shape index (κ3) is 4.43. The Labute approximate surface area is 177 Å². The van der Waals surface area contributed by atoms with Gasteiger partial charge in [0.2, 0.25) is 0 Å². The minimum absolute atomic E-state index is 0.340. The van der Waals surface area contributed by atoms with Gasteiger partial charge in [-0.25, -0.2) is 0 Å². The molecule has 1 N–H and O–H groups in total. The van der Waals surface area contributed by atoms with E-state index in [1.807, 2.05) is 0 Å². The van der Waals surface area contributed by atoms with Crippen molar-refractivity contribution >= 4 is 0 Å². The van der Waals surface area contributed by atoms with Gasteiger partial charge in [-0.2, -0.15) is 0 Å². The fourth-order valence-corrected chi connectivity index (χ4v) is 6.62. The third-order valence-corrected chi connectivity index (χ3v) is 8.73. The number of nitrogens with zero attached hydrogens (tertiary/aromatic N) is 1. The number of allylic oxidation sites excluding steroid dienone is 3. The van der Waals surface area contributed by atoms with Gasteiger partial charge in [-0.1, -0.05) is 38.2 Å². The summed E-state index contributed by atoms with van der Waals surface area (Å²) in [4.78, 5) is 2.60. The summed E-state index contributed by atoms with van der Waals surface area (Å²) in [7, 11) is 0. The van der Waals surface area contributed by atoms with Crippen LogP contribution in [0.5, 0.6) is 0 Å². The predicted octanol–water partition coefficient (Wildman–Crippen LogP) is 5.12. The minimum Gasteiger partial charge on any atom is -0.388 e. The van der Waals surface area contributed by atoms with Crippen molar-refractivity contribution in [3.63, 3.8) is 0 Å². The lowest BCUT2D eigenvalue weighted by atomic mass is 9.63. The standard InChI is InChI=1S/C26H41NO2/c1-19-6-7-21(20(2)25(19)28)8-9-22-5-4-13-26(3)23(10-11-24(22)26)12-14-27-15-17-29-18-16-27/h8-9,19,23-25,28H,2,4-7,10-18H2,1,3H3/b21-8-,22-9+/t19-,23+,24?,25?,26+/m0/s1. The van der Waals surface area contributed by atoms with Gasteiger partial charge in [-0.3, -0.25) is 4.90 Å². The molecule has 1 heterocycles. The van der Waals surface area contributed by atoms with Crippen LogP contribution in [0.1, 0.15) is 65.2 Å². The smallest absolute Gasteiger partial charge is 0.0812 e. The maximum absolute atomic E-state index is 10.4. The average molecular weight is 400 g/mol. The highest BCUT2D eigenvalue weighted by atomic mass is 16.5. The van der Waals surface area contributed by atoms with E-state index < -0.39 is 0 Å². The molecule has 0 bridgehead atoms. The maximum Gasteiger partial charge on any atom is 0.0812 e. The molecule has 0 amide bonds. The summed E-state index contributed by atoms with van der Waals surface area (Å²) < 4.78 is 5.51. The summed E-state index contributed by atoms with van der Waals surface area (Å²) in [5.74, 6) is 1.95. The Morgan fingerprint density at radius 1 is 1.17 bits per heavy atom. The van der Waals surface area contributed by atoms with E-state index in [-0.39, 0.29) is 6.10 Å². The molecule has 4 rings (SSSR count). The van der Waals surface area contributed by atoms with E-state index in [4.69, 9.17) is 4.74 Å². The lowest BCUT2D eigenvalue weighted by Gasteiger charge is -2.43. The van der Waals surface area contributed by atoms with E-state index in [0.717, 1.165) is 56.6 Å². The Morgan fingerprint density at radius 3 is 2.76 bits per heavy atom. The molecule has 3 heteroatoms. The zero-order chi connectivity index (χ0) is 20.4. The van der Waals surface area contributed by atoms with Crippen molar-refractivity contribution < 1.29 is 9.84 Å². The van der Waals surface area contributed by atoms with E-state index >= 15 is 0 Å². The van der Waals surface area contributed by atoms with Crippen LogP contribution in [-0.4, -0.2) is 49.0 Å². The third-order valence-electron chi connectivity index (χ3n) is 8.73. The molecular formula is C26H41NO2. The van der Waals surface area contributed by atoms with Crippen LogP contribution in [0, 0.1) is 23.2 Å². The van der Waals surface area contributed by atoms with Crippen molar-refractivity contribution in [3.8, 4) is 0 Å². The van der Waals surface area contributed by atoms with Crippen molar-refractivity contribution in [1.29, 1.82) is 0 Å². The second-order valence-corrected chi connectivity index (χ2v) is 10.3. The molecule has 0 spiro atoms. The van der Waals surface area contributed by atoms with Gasteiger partial charge in [0, 0.05) is 13.1 Å². The SMILES string of the molecule is C=C1/C(=C\C=C2/CCC[C@@]3(C)C2CC[C@@H]3CCN2CCOCC2)CC[C@H](C)C1O. The highest BCUT2D eigenvalue weighted by molar-refractivity contribution is 5.38. The van der Waals surface area contributed by atoms with Gasteiger partial charge in [0.25, 0.3) is 0 Å². The van der Waals surface area contributed by atoms with Gasteiger partial charge in [0.1, 0.15) is 0 Å². The highest BCUT2D eigenvalue weighted by Crippen LogP contribution is 2.58. The number of rotatable bonds is 4. The van der Waals surface area contributed by atoms with E-state index in [9.17, 15) is 5.11 Å². The molecule has 2 unspecified atom stereocenters. The first-order chi connectivity index (χ1) is 14.0. The Balaban J connectivity index is 1.42. The Hall–Kier alpha value is -0.900. The maximum atomic E-state index is 10.4. The Kier molecular flexibility index (Phi) is 6.68. The largest absolute Gasteiger partial charge is 0.388 e. The molecule has 3 aliphatic carbocycles. The van der Waals surface area contributed by atoms with Crippen molar-refractivity contribution in [2.45, 2.75) is 71.3 Å². The lowest BCUT2D eigenvalue weighted by Crippen LogP contribution is -2.39. The minimum atomic E-state index is -0.360. The van der Waals surface area contributed by atoms with Crippen LogP contribution in [-0.2, 0) is 4.74 Å². The van der Waals surface area contributed by atoms with E-state index in [1.165, 1.54) is 50.6 Å². The van der Waals surface area contributed by atoms with Crippen molar-refractivity contribution in [2.75, 3.05) is 32.8 Å². The molecule has 3 saturated carbocycles. The summed E-state index contributed by atoms with van der Waals surface area (Å²) in [5.41, 5.74) is 4.37. The van der Waals surface area contributed by atoms with Gasteiger partial charge in [0.15, 0.2) is 0 Å². The second kappa shape index (κ2) is 9.08. The van der Waals surface area contributed by atoms with Crippen LogP contribution in [0.15, 0.2) is 35.5 Å². The van der Waals surface area contributed by atoms with Crippen LogP contribution < -0.4 is 0 Å². The quantitative estimate of drug-likeness (QED) is 0.712. The molecule has 29 heavy (non-hydrogen) atoms. The fourth-order valence-electron chi connectivity index (χ4n) is 6.62. The van der Waals surface area contributed by atoms with Gasteiger partial charge < -0.3 is 9.84 Å². The van der Waals surface area contributed by atoms with E-state index in [2.05, 4.69) is 37.5 Å². The highest BCUT2D eigenvalue weighted by Gasteiger charge is 2.48. The van der Waals surface area contributed by atoms with Gasteiger partial charge in [-0.05, 0) is 92.2 Å². The topological polar surface area (TPSA) is 32.7 Å². The summed E-state index contributed by atoms with van der Waals surface area (Å²) >= 11 is 0. The number of fused-ring (bicyclic) bond motifs is 1. The molecule has 0 aromatic carbocycles. The summed E-state index contributed by atoms with van der Waals surface area (Å²) in [6, 6.07) is 0. The van der Waals surface area contributed by atoms with Gasteiger partial charge >= 0.3 is 0 Å². The molecule has 4 fully saturated rings. The van der Waals surface area contributed by atoms with E-state index in [0.29, 0.717) is 11.3 Å². The van der Waals surface area contributed by atoms with Crippen molar-refractivity contribution in [3.05, 3.63) is 35.5 Å². The molecule has 1 aliphatic heterocycles. The van der Waals surface area contributed by atoms with Crippen LogP contribution >= 0.6 is 0 Å². The second-order valence-electron chi connectivity index (χ2n) is 10.3. The van der Waals surface area contributed by atoms with Gasteiger partial charge in [0.05, 0.1) is 19.3 Å². The number of hydrogen-bond acceptors (Lipinski definition) is 3. The zero-order valence-corrected chi connectivity index (χ0v) is 18.7. The van der Waals surface area contributed by atoms with Crippen LogP contribution in [0.3, 0.4) is 0 Å². The average Bonchev–Trinajstić information content (AvgIpc) is 3.07. The molecule has 0 aromatic heterocycles. The summed E-state index contributed by atoms with van der Waals surface area (Å²) in [6.45, 7) is 14.2. The zero-order valence-electron chi connectivity index (χ0n) is 18.7. The normalized spacial score (nSPS) is 41.8. The van der Waals surface area contributed by atoms with Crippen molar-refractivity contribution in [2.24, 2.45) is 23.2 Å². The number of hydrogen-bond donors (Lipinski definition) is 1. The number of aliphatic hydroxyl groups is 1. The Bertz CT molecular complexity index is 660. The first-order valence-corrected chi connectivity index (χ1v) is 12.1. The van der Waals surface area contributed by atoms with Crippen LogP contribution in [0.2, 0.25) is 0 Å². The number of morpholine rings is 1. The van der Waals surface area contributed by atoms with Crippen molar-refractivity contribution in [1.82, 2.24) is 4.90 Å². The molecule has 0 radical (unpaired) electrons. The fraction of sp³-hybridized carbons (Fsp3) is 0.769. The molecule has 5 atom stereocenters. The lowest BCUT2D eigenvalue weighted by molar-refractivity contribution is 0.0300. The first kappa shape index (κ1) is 21.3. The molecule has 0 aromatic rings. The molecule has 3 nitrogen and oxygen atoms in total. The van der Waals surface area contributed by atoms with Gasteiger partial charge in [-0.15, -0.1) is 0 Å². The molecular weight excluding hydrogens is 358 g/mol.